The van der Waals surface area contributed by atoms with Crippen LogP contribution in [0.1, 0.15) is 32.1 Å². The van der Waals surface area contributed by atoms with Crippen LogP contribution in [0, 0.1) is 5.92 Å². The molecule has 1 saturated heterocycles. The Bertz CT molecular complexity index is 610. The number of benzene rings is 1. The summed E-state index contributed by atoms with van der Waals surface area (Å²) in [6, 6.07) is 8.11. The molecule has 0 aromatic heterocycles. The summed E-state index contributed by atoms with van der Waals surface area (Å²) in [5.41, 5.74) is 7.70. The van der Waals surface area contributed by atoms with Crippen molar-refractivity contribution in [2.75, 3.05) is 28.5 Å². The summed E-state index contributed by atoms with van der Waals surface area (Å²) in [6.07, 6.45) is 5.28. The molecule has 0 amide bonds. The Labute approximate surface area is 132 Å². The number of hydrogen-bond acceptors (Lipinski definition) is 4. The van der Waals surface area contributed by atoms with E-state index in [4.69, 9.17) is 5.73 Å². The van der Waals surface area contributed by atoms with Crippen LogP contribution in [0.15, 0.2) is 24.3 Å². The standard InChI is InChI=1S/C16H25N3O2S/c17-14-7-5-13(6-8-14)12-18-15-3-1-4-16(11-15)19-9-2-10-22(19,20)21/h1,3-4,11,13-14,18H,2,5-10,12,17H2. The molecule has 22 heavy (non-hydrogen) atoms. The molecule has 0 radical (unpaired) electrons. The summed E-state index contributed by atoms with van der Waals surface area (Å²) in [7, 11) is -3.11. The van der Waals surface area contributed by atoms with Gasteiger partial charge in [0.2, 0.25) is 10.0 Å². The van der Waals surface area contributed by atoms with Gasteiger partial charge in [0.25, 0.3) is 0 Å². The molecule has 2 fully saturated rings. The molecule has 3 rings (SSSR count). The van der Waals surface area contributed by atoms with Gasteiger partial charge in [-0.25, -0.2) is 8.42 Å². The van der Waals surface area contributed by atoms with E-state index in [9.17, 15) is 8.42 Å². The summed E-state index contributed by atoms with van der Waals surface area (Å²) in [5, 5.41) is 3.46. The lowest BCUT2D eigenvalue weighted by atomic mass is 9.86. The van der Waals surface area contributed by atoms with Crippen molar-refractivity contribution in [3.05, 3.63) is 24.3 Å². The molecule has 6 heteroatoms. The Kier molecular flexibility index (Phi) is 4.59. The Morgan fingerprint density at radius 2 is 2.00 bits per heavy atom. The zero-order valence-corrected chi connectivity index (χ0v) is 13.7. The summed E-state index contributed by atoms with van der Waals surface area (Å²) in [6.45, 7) is 1.52. The van der Waals surface area contributed by atoms with E-state index in [0.717, 1.165) is 30.8 Å². The van der Waals surface area contributed by atoms with E-state index in [-0.39, 0.29) is 5.75 Å². The Hall–Kier alpha value is -1.27. The SMILES string of the molecule is NC1CCC(CNc2cccc(N3CCCS3(=O)=O)c2)CC1. The van der Waals surface area contributed by atoms with Gasteiger partial charge in [0, 0.05) is 24.8 Å². The topological polar surface area (TPSA) is 75.4 Å². The van der Waals surface area contributed by atoms with Crippen LogP contribution in [-0.2, 0) is 10.0 Å². The summed E-state index contributed by atoms with van der Waals surface area (Å²) < 4.78 is 25.5. The highest BCUT2D eigenvalue weighted by molar-refractivity contribution is 7.93. The molecule has 2 aliphatic rings. The molecule has 0 bridgehead atoms. The Balaban J connectivity index is 1.62. The number of anilines is 2. The van der Waals surface area contributed by atoms with Crippen LogP contribution in [0.5, 0.6) is 0 Å². The maximum absolute atomic E-state index is 12.0. The lowest BCUT2D eigenvalue weighted by molar-refractivity contribution is 0.339. The van der Waals surface area contributed by atoms with E-state index in [0.29, 0.717) is 24.9 Å². The van der Waals surface area contributed by atoms with Crippen LogP contribution in [-0.4, -0.2) is 33.3 Å². The average Bonchev–Trinajstić information content (AvgIpc) is 2.86. The van der Waals surface area contributed by atoms with E-state index in [1.54, 1.807) is 0 Å². The highest BCUT2D eigenvalue weighted by Crippen LogP contribution is 2.27. The third-order valence-corrected chi connectivity index (χ3v) is 6.59. The normalized spacial score (nSPS) is 27.8. The fourth-order valence-electron chi connectivity index (χ4n) is 3.36. The molecular formula is C16H25N3O2S. The van der Waals surface area contributed by atoms with Crippen molar-refractivity contribution >= 4 is 21.4 Å². The predicted molar refractivity (Wildman–Crippen MR) is 90.6 cm³/mol. The van der Waals surface area contributed by atoms with Crippen molar-refractivity contribution in [3.8, 4) is 0 Å². The molecule has 1 aliphatic carbocycles. The number of nitrogens with zero attached hydrogens (tertiary/aromatic N) is 1. The molecule has 0 unspecified atom stereocenters. The van der Waals surface area contributed by atoms with Gasteiger partial charge >= 0.3 is 0 Å². The second-order valence-electron chi connectivity index (χ2n) is 6.45. The van der Waals surface area contributed by atoms with Crippen LogP contribution >= 0.6 is 0 Å². The van der Waals surface area contributed by atoms with Gasteiger partial charge in [-0.1, -0.05) is 6.07 Å². The first kappa shape index (κ1) is 15.6. The van der Waals surface area contributed by atoms with Gasteiger partial charge in [0.15, 0.2) is 0 Å². The van der Waals surface area contributed by atoms with Crippen LogP contribution in [0.3, 0.4) is 0 Å². The maximum Gasteiger partial charge on any atom is 0.235 e. The van der Waals surface area contributed by atoms with Crippen LogP contribution in [0.25, 0.3) is 0 Å². The second kappa shape index (κ2) is 6.46. The van der Waals surface area contributed by atoms with Gasteiger partial charge in [-0.2, -0.15) is 0 Å². The van der Waals surface area contributed by atoms with Crippen LogP contribution < -0.4 is 15.4 Å². The zero-order chi connectivity index (χ0) is 15.6. The van der Waals surface area contributed by atoms with Gasteiger partial charge in [-0.15, -0.1) is 0 Å². The number of rotatable bonds is 4. The molecule has 0 atom stereocenters. The molecule has 5 nitrogen and oxygen atoms in total. The molecule has 0 spiro atoms. The van der Waals surface area contributed by atoms with Crippen molar-refractivity contribution in [2.45, 2.75) is 38.1 Å². The van der Waals surface area contributed by atoms with Crippen molar-refractivity contribution in [3.63, 3.8) is 0 Å². The summed E-state index contributed by atoms with van der Waals surface area (Å²) >= 11 is 0. The number of hydrogen-bond donors (Lipinski definition) is 2. The first-order valence-electron chi connectivity index (χ1n) is 8.14. The number of sulfonamides is 1. The quantitative estimate of drug-likeness (QED) is 0.890. The lowest BCUT2D eigenvalue weighted by Gasteiger charge is -2.26. The van der Waals surface area contributed by atoms with Crippen LogP contribution in [0.2, 0.25) is 0 Å². The largest absolute Gasteiger partial charge is 0.385 e. The highest BCUT2D eigenvalue weighted by atomic mass is 32.2. The first-order chi connectivity index (χ1) is 10.5. The van der Waals surface area contributed by atoms with Gasteiger partial charge in [-0.3, -0.25) is 4.31 Å². The highest BCUT2D eigenvalue weighted by Gasteiger charge is 2.28. The Morgan fingerprint density at radius 3 is 2.68 bits per heavy atom. The van der Waals surface area contributed by atoms with E-state index < -0.39 is 10.0 Å². The third kappa shape index (κ3) is 3.55. The predicted octanol–water partition coefficient (Wildman–Crippen LogP) is 2.16. The van der Waals surface area contributed by atoms with Gasteiger partial charge in [0.05, 0.1) is 11.4 Å². The summed E-state index contributed by atoms with van der Waals surface area (Å²) in [5.74, 6) is 0.923. The average molecular weight is 323 g/mol. The van der Waals surface area contributed by atoms with Crippen molar-refractivity contribution < 1.29 is 8.42 Å². The molecule has 1 saturated carbocycles. The Morgan fingerprint density at radius 1 is 1.23 bits per heavy atom. The number of nitrogens with two attached hydrogens (primary N) is 1. The van der Waals surface area contributed by atoms with Gasteiger partial charge in [0.1, 0.15) is 0 Å². The maximum atomic E-state index is 12.0. The smallest absolute Gasteiger partial charge is 0.235 e. The van der Waals surface area contributed by atoms with Gasteiger partial charge < -0.3 is 11.1 Å². The fraction of sp³-hybridized carbons (Fsp3) is 0.625. The molecule has 1 aliphatic heterocycles. The first-order valence-corrected chi connectivity index (χ1v) is 9.75. The molecular weight excluding hydrogens is 298 g/mol. The molecule has 122 valence electrons. The van der Waals surface area contributed by atoms with Crippen LogP contribution in [0.4, 0.5) is 11.4 Å². The van der Waals surface area contributed by atoms with E-state index in [2.05, 4.69) is 5.32 Å². The second-order valence-corrected chi connectivity index (χ2v) is 8.47. The molecule has 1 heterocycles. The monoisotopic (exact) mass is 323 g/mol. The minimum absolute atomic E-state index is 0.257. The van der Waals surface area contributed by atoms with E-state index in [1.165, 1.54) is 17.1 Å². The zero-order valence-electron chi connectivity index (χ0n) is 12.9. The third-order valence-electron chi connectivity index (χ3n) is 4.72. The van der Waals surface area contributed by atoms with E-state index in [1.807, 2.05) is 24.3 Å². The minimum atomic E-state index is -3.11. The summed E-state index contributed by atoms with van der Waals surface area (Å²) in [4.78, 5) is 0. The van der Waals surface area contributed by atoms with Crippen molar-refractivity contribution in [2.24, 2.45) is 11.7 Å². The fourth-order valence-corrected chi connectivity index (χ4v) is 4.91. The molecule has 1 aromatic rings. The molecule has 1 aromatic carbocycles. The minimum Gasteiger partial charge on any atom is -0.385 e. The van der Waals surface area contributed by atoms with E-state index >= 15 is 0 Å². The number of nitrogens with one attached hydrogen (secondary N) is 1. The van der Waals surface area contributed by atoms with Crippen molar-refractivity contribution in [1.82, 2.24) is 0 Å². The molecule has 3 N–H and O–H groups in total. The van der Waals surface area contributed by atoms with Gasteiger partial charge in [-0.05, 0) is 56.2 Å². The van der Waals surface area contributed by atoms with Crippen molar-refractivity contribution in [1.29, 1.82) is 0 Å². The lowest BCUT2D eigenvalue weighted by Crippen LogP contribution is -2.29.